The van der Waals surface area contributed by atoms with Crippen molar-refractivity contribution in [1.29, 1.82) is 0 Å². The summed E-state index contributed by atoms with van der Waals surface area (Å²) in [4.78, 5) is 9.64. The zero-order valence-corrected chi connectivity index (χ0v) is 8.60. The van der Waals surface area contributed by atoms with Crippen molar-refractivity contribution in [2.45, 2.75) is 38.4 Å². The van der Waals surface area contributed by atoms with Gasteiger partial charge >= 0.3 is 0 Å². The van der Waals surface area contributed by atoms with Crippen molar-refractivity contribution in [3.63, 3.8) is 0 Å². The molecule has 1 rings (SSSR count). The molecule has 82 valence electrons. The van der Waals surface area contributed by atoms with Gasteiger partial charge in [0.1, 0.15) is 6.10 Å². The van der Waals surface area contributed by atoms with E-state index in [0.717, 1.165) is 6.42 Å². The van der Waals surface area contributed by atoms with Crippen LogP contribution in [0.5, 0.6) is 0 Å². The Kier molecular flexibility index (Phi) is 3.44. The van der Waals surface area contributed by atoms with Crippen molar-refractivity contribution >= 4 is 0 Å². The summed E-state index contributed by atoms with van der Waals surface area (Å²) in [7, 11) is 0. The third-order valence-electron chi connectivity index (χ3n) is 2.46. The van der Waals surface area contributed by atoms with E-state index in [9.17, 15) is 15.2 Å². The molecule has 0 aromatic carbocycles. The van der Waals surface area contributed by atoms with Crippen LogP contribution >= 0.6 is 0 Å². The van der Waals surface area contributed by atoms with Gasteiger partial charge in [-0.3, -0.25) is 10.1 Å². The van der Waals surface area contributed by atoms with Gasteiger partial charge in [-0.1, -0.05) is 0 Å². The normalized spacial score (nSPS) is 27.5. The Morgan fingerprint density at radius 1 is 1.71 bits per heavy atom. The molecular weight excluding hydrogens is 186 g/mol. The largest absolute Gasteiger partial charge is 0.386 e. The first-order chi connectivity index (χ1) is 6.39. The molecule has 14 heavy (non-hydrogen) atoms. The highest BCUT2D eigenvalue weighted by Crippen LogP contribution is 2.31. The van der Waals surface area contributed by atoms with Crippen LogP contribution in [-0.2, 0) is 4.74 Å². The van der Waals surface area contributed by atoms with Crippen LogP contribution in [0, 0.1) is 16.0 Å². The molecule has 1 fully saturated rings. The standard InChI is InChI=1S/C9H17NO4/c1-9(2)4-7(6-14-9)3-8(11)5-10(12)13/h7-8,11H,3-6H2,1-2H3/t7-,8?/m1/s1. The van der Waals surface area contributed by atoms with E-state index in [0.29, 0.717) is 13.0 Å². The number of aliphatic hydroxyl groups is 1. The quantitative estimate of drug-likeness (QED) is 0.542. The summed E-state index contributed by atoms with van der Waals surface area (Å²) in [5.74, 6) is 0.250. The van der Waals surface area contributed by atoms with Gasteiger partial charge in [-0.25, -0.2) is 0 Å². The maximum atomic E-state index is 10.1. The minimum Gasteiger partial charge on any atom is -0.386 e. The summed E-state index contributed by atoms with van der Waals surface area (Å²) in [6, 6.07) is 0. The van der Waals surface area contributed by atoms with Gasteiger partial charge in [0, 0.05) is 4.92 Å². The first-order valence-electron chi connectivity index (χ1n) is 4.83. The maximum absolute atomic E-state index is 10.1. The van der Waals surface area contributed by atoms with E-state index >= 15 is 0 Å². The Balaban J connectivity index is 2.29. The summed E-state index contributed by atoms with van der Waals surface area (Å²) < 4.78 is 5.48. The second kappa shape index (κ2) is 4.23. The van der Waals surface area contributed by atoms with E-state index in [-0.39, 0.29) is 18.1 Å². The highest BCUT2D eigenvalue weighted by atomic mass is 16.6. The molecule has 0 saturated carbocycles. The van der Waals surface area contributed by atoms with E-state index in [1.165, 1.54) is 0 Å². The molecule has 0 bridgehead atoms. The lowest BCUT2D eigenvalue weighted by Crippen LogP contribution is -2.23. The number of nitrogens with zero attached hydrogens (tertiary/aromatic N) is 1. The van der Waals surface area contributed by atoms with E-state index in [4.69, 9.17) is 4.74 Å². The molecule has 2 atom stereocenters. The summed E-state index contributed by atoms with van der Waals surface area (Å²) in [5.41, 5.74) is -0.140. The third kappa shape index (κ3) is 3.59. The predicted molar refractivity (Wildman–Crippen MR) is 50.6 cm³/mol. The van der Waals surface area contributed by atoms with Crippen LogP contribution in [-0.4, -0.2) is 34.9 Å². The van der Waals surface area contributed by atoms with Crippen LogP contribution < -0.4 is 0 Å². The molecule has 0 amide bonds. The Labute approximate surface area is 83.2 Å². The van der Waals surface area contributed by atoms with Crippen LogP contribution in [0.1, 0.15) is 26.7 Å². The predicted octanol–water partition coefficient (Wildman–Crippen LogP) is 0.829. The van der Waals surface area contributed by atoms with Crippen molar-refractivity contribution in [1.82, 2.24) is 0 Å². The summed E-state index contributed by atoms with van der Waals surface area (Å²) >= 11 is 0. The summed E-state index contributed by atoms with van der Waals surface area (Å²) in [6.45, 7) is 4.22. The van der Waals surface area contributed by atoms with Gasteiger partial charge in [-0.2, -0.15) is 0 Å². The van der Waals surface area contributed by atoms with Gasteiger partial charge in [0.15, 0.2) is 0 Å². The van der Waals surface area contributed by atoms with Crippen molar-refractivity contribution in [2.24, 2.45) is 5.92 Å². The van der Waals surface area contributed by atoms with Gasteiger partial charge in [0.25, 0.3) is 0 Å². The minimum absolute atomic E-state index is 0.140. The van der Waals surface area contributed by atoms with Crippen molar-refractivity contribution in [2.75, 3.05) is 13.2 Å². The second-order valence-corrected chi connectivity index (χ2v) is 4.55. The van der Waals surface area contributed by atoms with Crippen LogP contribution in [0.15, 0.2) is 0 Å². The van der Waals surface area contributed by atoms with E-state index in [1.54, 1.807) is 0 Å². The molecule has 0 aromatic heterocycles. The molecule has 5 nitrogen and oxygen atoms in total. The number of nitro groups is 1. The van der Waals surface area contributed by atoms with Crippen LogP contribution in [0.3, 0.4) is 0 Å². The van der Waals surface area contributed by atoms with Gasteiger partial charge in [-0.05, 0) is 32.6 Å². The first kappa shape index (κ1) is 11.4. The molecule has 1 heterocycles. The van der Waals surface area contributed by atoms with Crippen LogP contribution in [0.25, 0.3) is 0 Å². The molecule has 1 aliphatic rings. The Hall–Kier alpha value is -0.680. The summed E-state index contributed by atoms with van der Waals surface area (Å²) in [6.07, 6.45) is 0.485. The lowest BCUT2D eigenvalue weighted by molar-refractivity contribution is -0.490. The average Bonchev–Trinajstić information content (AvgIpc) is 2.27. The fraction of sp³-hybridized carbons (Fsp3) is 1.00. The maximum Gasteiger partial charge on any atom is 0.229 e. The van der Waals surface area contributed by atoms with Gasteiger partial charge in [0.2, 0.25) is 6.54 Å². The lowest BCUT2D eigenvalue weighted by Gasteiger charge is -2.16. The fourth-order valence-electron chi connectivity index (χ4n) is 1.94. The number of aliphatic hydroxyl groups excluding tert-OH is 1. The van der Waals surface area contributed by atoms with Gasteiger partial charge < -0.3 is 9.84 Å². The highest BCUT2D eigenvalue weighted by molar-refractivity contribution is 4.82. The Bertz CT molecular complexity index is 217. The Morgan fingerprint density at radius 3 is 2.79 bits per heavy atom. The molecule has 0 spiro atoms. The summed E-state index contributed by atoms with van der Waals surface area (Å²) in [5, 5.41) is 19.5. The minimum atomic E-state index is -0.840. The molecule has 1 aliphatic heterocycles. The lowest BCUT2D eigenvalue weighted by atomic mass is 9.93. The fourth-order valence-corrected chi connectivity index (χ4v) is 1.94. The van der Waals surface area contributed by atoms with E-state index in [2.05, 4.69) is 0 Å². The molecule has 0 radical (unpaired) electrons. The highest BCUT2D eigenvalue weighted by Gasteiger charge is 2.33. The molecule has 1 N–H and O–H groups in total. The monoisotopic (exact) mass is 203 g/mol. The molecule has 1 unspecified atom stereocenters. The topological polar surface area (TPSA) is 72.6 Å². The van der Waals surface area contributed by atoms with Crippen LogP contribution in [0.4, 0.5) is 0 Å². The second-order valence-electron chi connectivity index (χ2n) is 4.55. The number of hydrogen-bond acceptors (Lipinski definition) is 4. The number of hydrogen-bond donors (Lipinski definition) is 1. The molecule has 0 aliphatic carbocycles. The molecular formula is C9H17NO4. The molecule has 1 saturated heterocycles. The van der Waals surface area contributed by atoms with Crippen LogP contribution in [0.2, 0.25) is 0 Å². The SMILES string of the molecule is CC1(C)C[C@@H](CC(O)C[N+](=O)[O-])CO1. The zero-order chi connectivity index (χ0) is 10.8. The first-order valence-corrected chi connectivity index (χ1v) is 4.83. The Morgan fingerprint density at radius 2 is 2.36 bits per heavy atom. The average molecular weight is 203 g/mol. The van der Waals surface area contributed by atoms with E-state index in [1.807, 2.05) is 13.8 Å². The molecule has 5 heteroatoms. The van der Waals surface area contributed by atoms with Crippen molar-refractivity contribution in [3.8, 4) is 0 Å². The molecule has 0 aromatic rings. The zero-order valence-electron chi connectivity index (χ0n) is 8.60. The van der Waals surface area contributed by atoms with Crippen molar-refractivity contribution < 1.29 is 14.8 Å². The number of ether oxygens (including phenoxy) is 1. The van der Waals surface area contributed by atoms with Crippen molar-refractivity contribution in [3.05, 3.63) is 10.1 Å². The number of rotatable bonds is 4. The van der Waals surface area contributed by atoms with Gasteiger partial charge in [0.05, 0.1) is 12.2 Å². The third-order valence-corrected chi connectivity index (χ3v) is 2.46. The smallest absolute Gasteiger partial charge is 0.229 e. The van der Waals surface area contributed by atoms with Gasteiger partial charge in [-0.15, -0.1) is 0 Å². The van der Waals surface area contributed by atoms with E-state index < -0.39 is 11.0 Å².